The summed E-state index contributed by atoms with van der Waals surface area (Å²) in [5.74, 6) is 1.73. The molecule has 0 amide bonds. The lowest BCUT2D eigenvalue weighted by molar-refractivity contribution is 0.209. The number of hydrogen-bond donors (Lipinski definition) is 0. The Labute approximate surface area is 149 Å². The van der Waals surface area contributed by atoms with Crippen LogP contribution in [0.2, 0.25) is 0 Å². The van der Waals surface area contributed by atoms with E-state index in [1.807, 2.05) is 25.3 Å². The average Bonchev–Trinajstić information content (AvgIpc) is 3.30. The minimum absolute atomic E-state index is 0.176. The van der Waals surface area contributed by atoms with Gasteiger partial charge in [0.2, 0.25) is 5.88 Å². The minimum Gasteiger partial charge on any atom is -0.488 e. The Morgan fingerprint density at radius 2 is 1.80 bits per heavy atom. The van der Waals surface area contributed by atoms with E-state index in [1.165, 1.54) is 31.4 Å². The van der Waals surface area contributed by atoms with Gasteiger partial charge in [0.25, 0.3) is 0 Å². The van der Waals surface area contributed by atoms with Crippen LogP contribution >= 0.6 is 0 Å². The lowest BCUT2D eigenvalue weighted by Crippen LogP contribution is -2.25. The lowest BCUT2D eigenvalue weighted by atomic mass is 10.2. The van der Waals surface area contributed by atoms with E-state index in [0.29, 0.717) is 12.0 Å². The van der Waals surface area contributed by atoms with Crippen LogP contribution in [0.5, 0.6) is 11.6 Å². The van der Waals surface area contributed by atoms with Gasteiger partial charge < -0.3 is 14.4 Å². The fourth-order valence-electron chi connectivity index (χ4n) is 3.74. The molecule has 1 aromatic carbocycles. The van der Waals surface area contributed by atoms with Crippen molar-refractivity contribution >= 4 is 5.69 Å². The van der Waals surface area contributed by atoms with Gasteiger partial charge in [0.05, 0.1) is 18.3 Å². The lowest BCUT2D eigenvalue weighted by Gasteiger charge is -2.23. The Morgan fingerprint density at radius 3 is 2.60 bits per heavy atom. The van der Waals surface area contributed by atoms with Gasteiger partial charge in [0.1, 0.15) is 11.9 Å². The Kier molecular flexibility index (Phi) is 4.77. The third kappa shape index (κ3) is 3.89. The quantitative estimate of drug-likeness (QED) is 0.811. The molecular weight excluding hydrogens is 312 g/mol. The molecule has 1 atom stereocenters. The van der Waals surface area contributed by atoms with E-state index < -0.39 is 0 Å². The van der Waals surface area contributed by atoms with E-state index in [4.69, 9.17) is 9.47 Å². The number of ether oxygens (including phenoxy) is 2. The van der Waals surface area contributed by atoms with Gasteiger partial charge in [-0.2, -0.15) is 0 Å². The molecule has 2 fully saturated rings. The highest BCUT2D eigenvalue weighted by atomic mass is 16.5. The van der Waals surface area contributed by atoms with Crippen molar-refractivity contribution in [2.75, 3.05) is 18.0 Å². The normalized spacial score (nSPS) is 20.8. The minimum atomic E-state index is 0.176. The summed E-state index contributed by atoms with van der Waals surface area (Å²) in [5, 5.41) is 0. The highest BCUT2D eigenvalue weighted by Gasteiger charge is 2.27. The van der Waals surface area contributed by atoms with E-state index in [2.05, 4.69) is 34.1 Å². The van der Waals surface area contributed by atoms with Crippen LogP contribution in [0.15, 0.2) is 42.6 Å². The Morgan fingerprint density at radius 1 is 0.960 bits per heavy atom. The third-order valence-corrected chi connectivity index (χ3v) is 5.12. The van der Waals surface area contributed by atoms with Crippen molar-refractivity contribution in [3.05, 3.63) is 48.2 Å². The molecule has 4 nitrogen and oxygen atoms in total. The SMILES string of the molecule is Cc1ccc(O[C@@H]2CCN(c3ccccc3OC3CCCC3)C2)nc1. The van der Waals surface area contributed by atoms with Crippen LogP contribution in [-0.4, -0.2) is 30.3 Å². The summed E-state index contributed by atoms with van der Waals surface area (Å²) in [6.07, 6.45) is 8.35. The molecule has 1 aromatic heterocycles. The molecule has 132 valence electrons. The molecule has 4 heteroatoms. The summed E-state index contributed by atoms with van der Waals surface area (Å²) < 4.78 is 12.4. The molecule has 2 heterocycles. The zero-order valence-corrected chi connectivity index (χ0v) is 14.9. The number of nitrogens with zero attached hydrogens (tertiary/aromatic N) is 2. The second-order valence-electron chi connectivity index (χ2n) is 7.14. The summed E-state index contributed by atoms with van der Waals surface area (Å²) in [6.45, 7) is 3.90. The highest BCUT2D eigenvalue weighted by Crippen LogP contribution is 2.34. The van der Waals surface area contributed by atoms with Crippen LogP contribution in [0.1, 0.15) is 37.7 Å². The van der Waals surface area contributed by atoms with Gasteiger partial charge in [-0.05, 0) is 50.3 Å². The first-order valence-electron chi connectivity index (χ1n) is 9.38. The van der Waals surface area contributed by atoms with Crippen molar-refractivity contribution in [3.8, 4) is 11.6 Å². The Bertz CT molecular complexity index is 695. The van der Waals surface area contributed by atoms with Crippen molar-refractivity contribution in [1.29, 1.82) is 0 Å². The molecule has 0 N–H and O–H groups in total. The molecule has 0 unspecified atom stereocenters. The Balaban J connectivity index is 1.41. The zero-order valence-electron chi connectivity index (χ0n) is 14.9. The number of benzene rings is 1. The topological polar surface area (TPSA) is 34.6 Å². The van der Waals surface area contributed by atoms with Crippen molar-refractivity contribution in [2.24, 2.45) is 0 Å². The van der Waals surface area contributed by atoms with Crippen LogP contribution in [0.4, 0.5) is 5.69 Å². The highest BCUT2D eigenvalue weighted by molar-refractivity contribution is 5.59. The molecule has 25 heavy (non-hydrogen) atoms. The largest absolute Gasteiger partial charge is 0.488 e. The monoisotopic (exact) mass is 338 g/mol. The van der Waals surface area contributed by atoms with Crippen molar-refractivity contribution < 1.29 is 9.47 Å². The van der Waals surface area contributed by atoms with Gasteiger partial charge >= 0.3 is 0 Å². The van der Waals surface area contributed by atoms with Crippen molar-refractivity contribution in [1.82, 2.24) is 4.98 Å². The first-order chi connectivity index (χ1) is 12.3. The molecular formula is C21H26N2O2. The van der Waals surface area contributed by atoms with E-state index in [0.717, 1.165) is 30.8 Å². The van der Waals surface area contributed by atoms with Crippen molar-refractivity contribution in [2.45, 2.75) is 51.2 Å². The molecule has 2 aromatic rings. The van der Waals surface area contributed by atoms with Gasteiger partial charge in [0.15, 0.2) is 0 Å². The average molecular weight is 338 g/mol. The molecule has 1 saturated carbocycles. The van der Waals surface area contributed by atoms with Crippen LogP contribution < -0.4 is 14.4 Å². The fourth-order valence-corrected chi connectivity index (χ4v) is 3.74. The molecule has 0 bridgehead atoms. The van der Waals surface area contributed by atoms with E-state index in [1.54, 1.807) is 0 Å². The predicted molar refractivity (Wildman–Crippen MR) is 99.5 cm³/mol. The van der Waals surface area contributed by atoms with E-state index in [-0.39, 0.29) is 6.10 Å². The second-order valence-corrected chi connectivity index (χ2v) is 7.14. The van der Waals surface area contributed by atoms with Crippen LogP contribution in [0, 0.1) is 6.92 Å². The number of pyridine rings is 1. The maximum Gasteiger partial charge on any atom is 0.213 e. The maximum atomic E-state index is 6.29. The van der Waals surface area contributed by atoms with Crippen LogP contribution in [0.3, 0.4) is 0 Å². The zero-order chi connectivity index (χ0) is 17.1. The first kappa shape index (κ1) is 16.2. The van der Waals surface area contributed by atoms with Gasteiger partial charge in [-0.1, -0.05) is 18.2 Å². The molecule has 0 spiro atoms. The number of aryl methyl sites for hydroxylation is 1. The van der Waals surface area contributed by atoms with E-state index in [9.17, 15) is 0 Å². The number of anilines is 1. The number of para-hydroxylation sites is 2. The molecule has 0 radical (unpaired) electrons. The molecule has 2 aliphatic rings. The molecule has 1 aliphatic carbocycles. The predicted octanol–water partition coefficient (Wildman–Crippen LogP) is 4.37. The summed E-state index contributed by atoms with van der Waals surface area (Å²) in [6, 6.07) is 12.4. The van der Waals surface area contributed by atoms with Crippen LogP contribution in [0.25, 0.3) is 0 Å². The molecule has 4 rings (SSSR count). The Hall–Kier alpha value is -2.23. The number of aromatic nitrogens is 1. The summed E-state index contributed by atoms with van der Waals surface area (Å²) in [7, 11) is 0. The van der Waals surface area contributed by atoms with Gasteiger partial charge in [0, 0.05) is 25.2 Å². The van der Waals surface area contributed by atoms with Crippen molar-refractivity contribution in [3.63, 3.8) is 0 Å². The summed E-state index contributed by atoms with van der Waals surface area (Å²) in [4.78, 5) is 6.74. The second kappa shape index (κ2) is 7.34. The summed E-state index contributed by atoms with van der Waals surface area (Å²) >= 11 is 0. The molecule has 1 aliphatic heterocycles. The van der Waals surface area contributed by atoms with Gasteiger partial charge in [-0.25, -0.2) is 4.98 Å². The van der Waals surface area contributed by atoms with Crippen LogP contribution in [-0.2, 0) is 0 Å². The number of hydrogen-bond acceptors (Lipinski definition) is 4. The summed E-state index contributed by atoms with van der Waals surface area (Å²) in [5.41, 5.74) is 2.34. The maximum absolute atomic E-state index is 6.29. The first-order valence-corrected chi connectivity index (χ1v) is 9.38. The van der Waals surface area contributed by atoms with E-state index >= 15 is 0 Å². The molecule has 1 saturated heterocycles. The standard InChI is InChI=1S/C21H26N2O2/c1-16-10-11-21(22-14-16)25-18-12-13-23(15-18)19-8-4-5-9-20(19)24-17-6-2-3-7-17/h4-5,8-11,14,17-18H,2-3,6-7,12-13,15H2,1H3/t18-/m1/s1. The van der Waals surface area contributed by atoms with Gasteiger partial charge in [-0.15, -0.1) is 0 Å². The smallest absolute Gasteiger partial charge is 0.213 e. The third-order valence-electron chi connectivity index (χ3n) is 5.12. The fraction of sp³-hybridized carbons (Fsp3) is 0.476. The van der Waals surface area contributed by atoms with Gasteiger partial charge in [-0.3, -0.25) is 0 Å². The number of rotatable bonds is 5.